The van der Waals surface area contributed by atoms with Crippen molar-refractivity contribution >= 4 is 44.9 Å². The maximum atomic E-state index is 12.1. The molecule has 6 nitrogen and oxygen atoms in total. The molecule has 0 amide bonds. The summed E-state index contributed by atoms with van der Waals surface area (Å²) in [5, 5.41) is 1.10. The highest BCUT2D eigenvalue weighted by Gasteiger charge is 2.25. The van der Waals surface area contributed by atoms with E-state index in [9.17, 15) is 4.79 Å². The van der Waals surface area contributed by atoms with Gasteiger partial charge in [-0.2, -0.15) is 4.98 Å². The molecule has 1 aliphatic heterocycles. The Hall–Kier alpha value is -2.22. The van der Waals surface area contributed by atoms with E-state index in [0.29, 0.717) is 4.88 Å². The summed E-state index contributed by atoms with van der Waals surface area (Å²) < 4.78 is 4.90. The Morgan fingerprint density at radius 1 is 1.18 bits per heavy atom. The molecule has 0 bridgehead atoms. The number of rotatable bonds is 4. The third-order valence-corrected chi connectivity index (χ3v) is 6.37. The summed E-state index contributed by atoms with van der Waals surface area (Å²) in [6.45, 7) is 6.42. The SMILES string of the molecule is COC(=O)c1sc2nc(Cl)nc(N3CCN(Cc4ccccc4)CC3)c2c1C. The van der Waals surface area contributed by atoms with Gasteiger partial charge in [-0.05, 0) is 29.7 Å². The highest BCUT2D eigenvalue weighted by atomic mass is 35.5. The lowest BCUT2D eigenvalue weighted by Gasteiger charge is -2.35. The van der Waals surface area contributed by atoms with Crippen molar-refractivity contribution in [1.82, 2.24) is 14.9 Å². The molecule has 3 aromatic rings. The number of fused-ring (bicyclic) bond motifs is 1. The first-order chi connectivity index (χ1) is 13.6. The second kappa shape index (κ2) is 8.03. The Bertz CT molecular complexity index is 1000. The third-order valence-electron chi connectivity index (χ3n) is 5.04. The van der Waals surface area contributed by atoms with Gasteiger partial charge >= 0.3 is 5.97 Å². The maximum absolute atomic E-state index is 12.1. The van der Waals surface area contributed by atoms with Gasteiger partial charge in [0.2, 0.25) is 5.28 Å². The fourth-order valence-corrected chi connectivity index (χ4v) is 4.88. The van der Waals surface area contributed by atoms with Crippen LogP contribution in [0.4, 0.5) is 5.82 Å². The van der Waals surface area contributed by atoms with Gasteiger partial charge in [-0.15, -0.1) is 11.3 Å². The maximum Gasteiger partial charge on any atom is 0.348 e. The molecule has 4 rings (SSSR count). The Morgan fingerprint density at radius 3 is 2.57 bits per heavy atom. The highest BCUT2D eigenvalue weighted by molar-refractivity contribution is 7.20. The Morgan fingerprint density at radius 2 is 1.89 bits per heavy atom. The van der Waals surface area contributed by atoms with Gasteiger partial charge in [0, 0.05) is 32.7 Å². The Kier molecular flexibility index (Phi) is 5.48. The van der Waals surface area contributed by atoms with E-state index < -0.39 is 0 Å². The molecule has 0 atom stereocenters. The summed E-state index contributed by atoms with van der Waals surface area (Å²) in [7, 11) is 1.39. The van der Waals surface area contributed by atoms with Crippen molar-refractivity contribution in [3.63, 3.8) is 0 Å². The Balaban J connectivity index is 1.58. The van der Waals surface area contributed by atoms with Crippen LogP contribution in [0.25, 0.3) is 10.2 Å². The van der Waals surface area contributed by atoms with Crippen LogP contribution in [0, 0.1) is 6.92 Å². The van der Waals surface area contributed by atoms with E-state index in [-0.39, 0.29) is 11.3 Å². The molecule has 28 heavy (non-hydrogen) atoms. The lowest BCUT2D eigenvalue weighted by molar-refractivity contribution is 0.0605. The summed E-state index contributed by atoms with van der Waals surface area (Å²) in [6.07, 6.45) is 0. The van der Waals surface area contributed by atoms with Crippen molar-refractivity contribution in [3.8, 4) is 0 Å². The number of hydrogen-bond acceptors (Lipinski definition) is 7. The number of ether oxygens (including phenoxy) is 1. The lowest BCUT2D eigenvalue weighted by Crippen LogP contribution is -2.46. The molecular weight excluding hydrogens is 396 g/mol. The average Bonchev–Trinajstić information content (AvgIpc) is 3.04. The van der Waals surface area contributed by atoms with E-state index >= 15 is 0 Å². The number of aryl methyl sites for hydroxylation is 1. The lowest BCUT2D eigenvalue weighted by atomic mass is 10.1. The van der Waals surface area contributed by atoms with E-state index in [1.165, 1.54) is 24.0 Å². The molecule has 3 heterocycles. The predicted molar refractivity (Wildman–Crippen MR) is 112 cm³/mol. The first-order valence-corrected chi connectivity index (χ1v) is 10.3. The second-order valence-corrected chi connectivity index (χ2v) is 8.13. The zero-order valence-corrected chi connectivity index (χ0v) is 17.4. The molecule has 2 aromatic heterocycles. The molecule has 0 radical (unpaired) electrons. The molecule has 1 fully saturated rings. The average molecular weight is 417 g/mol. The monoisotopic (exact) mass is 416 g/mol. The number of methoxy groups -OCH3 is 1. The summed E-state index contributed by atoms with van der Waals surface area (Å²) in [4.78, 5) is 26.9. The zero-order valence-electron chi connectivity index (χ0n) is 15.8. The number of aromatic nitrogens is 2. The minimum atomic E-state index is -0.352. The number of esters is 1. The zero-order chi connectivity index (χ0) is 19.7. The number of hydrogen-bond donors (Lipinski definition) is 0. The molecule has 0 saturated carbocycles. The van der Waals surface area contributed by atoms with Crippen LogP contribution in [0.1, 0.15) is 20.8 Å². The number of thiophene rings is 1. The first kappa shape index (κ1) is 19.1. The number of halogens is 1. The van der Waals surface area contributed by atoms with Crippen molar-refractivity contribution in [2.24, 2.45) is 0 Å². The van der Waals surface area contributed by atoms with Gasteiger partial charge in [-0.1, -0.05) is 30.3 Å². The minimum absolute atomic E-state index is 0.201. The van der Waals surface area contributed by atoms with Crippen molar-refractivity contribution < 1.29 is 9.53 Å². The van der Waals surface area contributed by atoms with Gasteiger partial charge in [0.1, 0.15) is 15.5 Å². The molecule has 0 N–H and O–H groups in total. The van der Waals surface area contributed by atoms with E-state index in [4.69, 9.17) is 16.3 Å². The highest BCUT2D eigenvalue weighted by Crippen LogP contribution is 2.36. The van der Waals surface area contributed by atoms with E-state index in [2.05, 4.69) is 44.0 Å². The van der Waals surface area contributed by atoms with Crippen LogP contribution in [-0.2, 0) is 11.3 Å². The third kappa shape index (κ3) is 3.70. The summed E-state index contributed by atoms with van der Waals surface area (Å²) in [5.41, 5.74) is 2.17. The second-order valence-electron chi connectivity index (χ2n) is 6.79. The molecule has 0 spiro atoms. The largest absolute Gasteiger partial charge is 0.465 e. The smallest absolute Gasteiger partial charge is 0.348 e. The number of anilines is 1. The summed E-state index contributed by atoms with van der Waals surface area (Å²) in [5.74, 6) is 0.452. The van der Waals surface area contributed by atoms with E-state index in [1.54, 1.807) is 0 Å². The van der Waals surface area contributed by atoms with E-state index in [0.717, 1.165) is 54.3 Å². The topological polar surface area (TPSA) is 58.6 Å². The normalized spacial score (nSPS) is 15.2. The van der Waals surface area contributed by atoms with Gasteiger partial charge in [0.25, 0.3) is 0 Å². The molecule has 0 unspecified atom stereocenters. The molecule has 1 aromatic carbocycles. The van der Waals surface area contributed by atoms with Crippen LogP contribution in [0.3, 0.4) is 0 Å². The molecule has 1 aliphatic rings. The van der Waals surface area contributed by atoms with E-state index in [1.807, 2.05) is 13.0 Å². The van der Waals surface area contributed by atoms with Gasteiger partial charge in [0.15, 0.2) is 0 Å². The first-order valence-electron chi connectivity index (χ1n) is 9.13. The number of carbonyl (C=O) groups is 1. The van der Waals surface area contributed by atoms with Gasteiger partial charge < -0.3 is 9.64 Å². The number of benzene rings is 1. The van der Waals surface area contributed by atoms with Crippen LogP contribution in [-0.4, -0.2) is 54.1 Å². The van der Waals surface area contributed by atoms with Gasteiger partial charge in [-0.25, -0.2) is 9.78 Å². The minimum Gasteiger partial charge on any atom is -0.465 e. The predicted octanol–water partition coefficient (Wildman–Crippen LogP) is 3.76. The number of carbonyl (C=O) groups excluding carboxylic acids is 1. The van der Waals surface area contributed by atoms with Crippen LogP contribution in [0.15, 0.2) is 30.3 Å². The molecule has 146 valence electrons. The van der Waals surface area contributed by atoms with Crippen LogP contribution in [0.2, 0.25) is 5.28 Å². The molecule has 8 heteroatoms. The molecule has 0 aliphatic carbocycles. The molecular formula is C20H21ClN4O2S. The van der Waals surface area contributed by atoms with Crippen molar-refractivity contribution in [2.75, 3.05) is 38.2 Å². The van der Waals surface area contributed by atoms with Crippen LogP contribution in [0.5, 0.6) is 0 Å². The van der Waals surface area contributed by atoms with Crippen molar-refractivity contribution in [2.45, 2.75) is 13.5 Å². The van der Waals surface area contributed by atoms with Crippen LogP contribution < -0.4 is 4.90 Å². The summed E-state index contributed by atoms with van der Waals surface area (Å²) >= 11 is 7.49. The standard InChI is InChI=1S/C20H21ClN4O2S/c1-13-15-17(22-20(21)23-18(15)28-16(13)19(26)27-2)25-10-8-24(9-11-25)12-14-6-4-3-5-7-14/h3-7H,8-12H2,1-2H3. The number of nitrogens with zero attached hydrogens (tertiary/aromatic N) is 4. The Labute approximate surface area is 172 Å². The van der Waals surface area contributed by atoms with Crippen LogP contribution >= 0.6 is 22.9 Å². The van der Waals surface area contributed by atoms with Gasteiger partial charge in [0.05, 0.1) is 12.5 Å². The quantitative estimate of drug-likeness (QED) is 0.476. The van der Waals surface area contributed by atoms with Crippen molar-refractivity contribution in [3.05, 3.63) is 51.6 Å². The van der Waals surface area contributed by atoms with Gasteiger partial charge in [-0.3, -0.25) is 4.90 Å². The summed E-state index contributed by atoms with van der Waals surface area (Å²) in [6, 6.07) is 10.5. The number of piperazine rings is 1. The fraction of sp³-hybridized carbons (Fsp3) is 0.350. The molecule has 1 saturated heterocycles. The fourth-order valence-electron chi connectivity index (χ4n) is 3.57. The van der Waals surface area contributed by atoms with Crippen molar-refractivity contribution in [1.29, 1.82) is 0 Å².